The van der Waals surface area contributed by atoms with Crippen LogP contribution in [0.2, 0.25) is 0 Å². The van der Waals surface area contributed by atoms with Crippen LogP contribution in [-0.4, -0.2) is 24.5 Å². The Bertz CT molecular complexity index is 286. The smallest absolute Gasteiger partial charge is 0.224 e. The predicted molar refractivity (Wildman–Crippen MR) is 63.0 cm³/mol. The molecule has 16 heavy (non-hydrogen) atoms. The molecule has 2 saturated carbocycles. The zero-order valence-corrected chi connectivity index (χ0v) is 10.1. The molecule has 1 heterocycles. The summed E-state index contributed by atoms with van der Waals surface area (Å²) in [6.07, 6.45) is 6.07. The van der Waals surface area contributed by atoms with Gasteiger partial charge >= 0.3 is 0 Å². The molecule has 3 aliphatic rings. The number of hydrogen-bond acceptors (Lipinski definition) is 2. The summed E-state index contributed by atoms with van der Waals surface area (Å²) in [5.74, 6) is 2.20. The van der Waals surface area contributed by atoms with Crippen molar-refractivity contribution in [2.24, 2.45) is 17.8 Å². The molecule has 0 aromatic rings. The van der Waals surface area contributed by atoms with Gasteiger partial charge in [0, 0.05) is 11.5 Å². The van der Waals surface area contributed by atoms with Crippen LogP contribution in [0.15, 0.2) is 0 Å². The lowest BCUT2D eigenvalue weighted by Gasteiger charge is -2.35. The largest absolute Gasteiger partial charge is 0.351 e. The molecule has 0 aromatic carbocycles. The van der Waals surface area contributed by atoms with Crippen LogP contribution >= 0.6 is 0 Å². The Labute approximate surface area is 97.4 Å². The Morgan fingerprint density at radius 3 is 2.50 bits per heavy atom. The highest BCUT2D eigenvalue weighted by atomic mass is 16.2. The molecule has 0 radical (unpaired) electrons. The monoisotopic (exact) mass is 222 g/mol. The van der Waals surface area contributed by atoms with E-state index in [0.717, 1.165) is 37.8 Å². The van der Waals surface area contributed by atoms with Gasteiger partial charge in [-0.25, -0.2) is 0 Å². The van der Waals surface area contributed by atoms with Gasteiger partial charge in [0.05, 0.1) is 0 Å². The summed E-state index contributed by atoms with van der Waals surface area (Å²) >= 11 is 0. The van der Waals surface area contributed by atoms with Crippen molar-refractivity contribution in [2.75, 3.05) is 13.1 Å². The van der Waals surface area contributed by atoms with Gasteiger partial charge in [-0.15, -0.1) is 0 Å². The second kappa shape index (κ2) is 3.73. The summed E-state index contributed by atoms with van der Waals surface area (Å²) in [4.78, 5) is 12.2. The lowest BCUT2D eigenvalue weighted by atomic mass is 9.90. The highest BCUT2D eigenvalue weighted by molar-refractivity contribution is 5.83. The molecule has 2 N–H and O–H groups in total. The molecule has 1 saturated heterocycles. The minimum Gasteiger partial charge on any atom is -0.351 e. The second-order valence-corrected chi connectivity index (χ2v) is 6.08. The van der Waals surface area contributed by atoms with E-state index in [4.69, 9.17) is 0 Å². The second-order valence-electron chi connectivity index (χ2n) is 6.08. The fourth-order valence-corrected chi connectivity index (χ4v) is 3.69. The maximum Gasteiger partial charge on any atom is 0.224 e. The van der Waals surface area contributed by atoms with Crippen LogP contribution in [0.5, 0.6) is 0 Å². The van der Waals surface area contributed by atoms with Crippen molar-refractivity contribution in [1.82, 2.24) is 10.6 Å². The van der Waals surface area contributed by atoms with Crippen LogP contribution in [-0.2, 0) is 4.79 Å². The van der Waals surface area contributed by atoms with Crippen molar-refractivity contribution in [3.63, 3.8) is 0 Å². The van der Waals surface area contributed by atoms with Crippen molar-refractivity contribution in [2.45, 2.75) is 44.6 Å². The number of amides is 1. The first-order chi connectivity index (χ1) is 7.70. The van der Waals surface area contributed by atoms with E-state index in [-0.39, 0.29) is 5.54 Å². The minimum absolute atomic E-state index is 0.0548. The van der Waals surface area contributed by atoms with Crippen molar-refractivity contribution < 1.29 is 4.79 Å². The summed E-state index contributed by atoms with van der Waals surface area (Å²) in [6, 6.07) is 0. The zero-order valence-electron chi connectivity index (χ0n) is 10.1. The number of hydrogen-bond donors (Lipinski definition) is 2. The molecule has 0 aromatic heterocycles. The van der Waals surface area contributed by atoms with Gasteiger partial charge in [0.15, 0.2) is 0 Å². The first-order valence-electron chi connectivity index (χ1n) is 6.72. The molecule has 3 nitrogen and oxygen atoms in total. The fraction of sp³-hybridized carbons (Fsp3) is 0.923. The minimum atomic E-state index is 0.0548. The molecule has 3 rings (SSSR count). The summed E-state index contributed by atoms with van der Waals surface area (Å²) in [6.45, 7) is 4.27. The highest BCUT2D eigenvalue weighted by Crippen LogP contribution is 2.57. The van der Waals surface area contributed by atoms with Crippen molar-refractivity contribution in [3.8, 4) is 0 Å². The number of carbonyl (C=O) groups is 1. The van der Waals surface area contributed by atoms with E-state index in [9.17, 15) is 4.79 Å². The topological polar surface area (TPSA) is 41.1 Å². The number of piperidine rings is 1. The van der Waals surface area contributed by atoms with E-state index in [1.165, 1.54) is 19.3 Å². The van der Waals surface area contributed by atoms with Crippen LogP contribution < -0.4 is 10.6 Å². The molecule has 1 amide bonds. The molecule has 0 spiro atoms. The van der Waals surface area contributed by atoms with E-state index < -0.39 is 0 Å². The summed E-state index contributed by atoms with van der Waals surface area (Å²) in [7, 11) is 0. The van der Waals surface area contributed by atoms with Crippen molar-refractivity contribution in [3.05, 3.63) is 0 Å². The van der Waals surface area contributed by atoms with E-state index in [0.29, 0.717) is 11.8 Å². The van der Waals surface area contributed by atoms with Gasteiger partial charge in [0.25, 0.3) is 0 Å². The van der Waals surface area contributed by atoms with Gasteiger partial charge in [0.2, 0.25) is 5.91 Å². The Morgan fingerprint density at radius 1 is 1.25 bits per heavy atom. The Kier molecular flexibility index (Phi) is 2.46. The van der Waals surface area contributed by atoms with E-state index in [1.807, 2.05) is 0 Å². The van der Waals surface area contributed by atoms with Crippen LogP contribution in [0.25, 0.3) is 0 Å². The SMILES string of the molecule is CC1(NC(=O)C2C3CCCC32)CCNCC1. The third kappa shape index (κ3) is 1.75. The lowest BCUT2D eigenvalue weighted by molar-refractivity contribution is -0.125. The predicted octanol–water partition coefficient (Wildman–Crippen LogP) is 1.29. The van der Waals surface area contributed by atoms with Crippen LogP contribution in [0.3, 0.4) is 0 Å². The molecule has 2 unspecified atom stereocenters. The molecule has 3 heteroatoms. The number of carbonyl (C=O) groups excluding carboxylic acids is 1. The summed E-state index contributed by atoms with van der Waals surface area (Å²) < 4.78 is 0. The highest BCUT2D eigenvalue weighted by Gasteiger charge is 2.57. The Balaban J connectivity index is 1.56. The van der Waals surface area contributed by atoms with E-state index in [1.54, 1.807) is 0 Å². The lowest BCUT2D eigenvalue weighted by Crippen LogP contribution is -2.53. The summed E-state index contributed by atoms with van der Waals surface area (Å²) in [5.41, 5.74) is 0.0548. The van der Waals surface area contributed by atoms with E-state index in [2.05, 4.69) is 17.6 Å². The van der Waals surface area contributed by atoms with Gasteiger partial charge in [-0.2, -0.15) is 0 Å². The molecule has 1 aliphatic heterocycles. The first-order valence-corrected chi connectivity index (χ1v) is 6.72. The van der Waals surface area contributed by atoms with Crippen molar-refractivity contribution in [1.29, 1.82) is 0 Å². The average molecular weight is 222 g/mol. The average Bonchev–Trinajstić information content (AvgIpc) is 2.74. The van der Waals surface area contributed by atoms with Crippen LogP contribution in [0, 0.1) is 17.8 Å². The molecule has 90 valence electrons. The normalized spacial score (nSPS) is 40.2. The van der Waals surface area contributed by atoms with Crippen molar-refractivity contribution >= 4 is 5.91 Å². The van der Waals surface area contributed by atoms with Gasteiger partial charge in [-0.05, 0) is 57.5 Å². The fourth-order valence-electron chi connectivity index (χ4n) is 3.69. The quantitative estimate of drug-likeness (QED) is 0.739. The van der Waals surface area contributed by atoms with Gasteiger partial charge < -0.3 is 10.6 Å². The molecular formula is C13H22N2O. The first kappa shape index (κ1) is 10.6. The zero-order chi connectivity index (χ0) is 11.2. The Morgan fingerprint density at radius 2 is 1.88 bits per heavy atom. The molecule has 2 aliphatic carbocycles. The number of rotatable bonds is 2. The van der Waals surface area contributed by atoms with Crippen LogP contribution in [0.1, 0.15) is 39.0 Å². The molecule has 0 bridgehead atoms. The molecule has 3 fully saturated rings. The summed E-state index contributed by atoms with van der Waals surface area (Å²) in [5, 5.41) is 6.65. The molecule has 2 atom stereocenters. The maximum absolute atomic E-state index is 12.2. The number of nitrogens with one attached hydrogen (secondary N) is 2. The van der Waals surface area contributed by atoms with Crippen LogP contribution in [0.4, 0.5) is 0 Å². The Hall–Kier alpha value is -0.570. The maximum atomic E-state index is 12.2. The molecular weight excluding hydrogens is 200 g/mol. The van der Waals surface area contributed by atoms with Gasteiger partial charge in [-0.1, -0.05) is 6.42 Å². The standard InChI is InChI=1S/C13H22N2O/c1-13(5-7-14-8-6-13)15-12(16)11-9-3-2-4-10(9)11/h9-11,14H,2-8H2,1H3,(H,15,16). The van der Waals surface area contributed by atoms with E-state index >= 15 is 0 Å². The third-order valence-corrected chi connectivity index (χ3v) is 4.84. The number of fused-ring (bicyclic) bond motifs is 1. The van der Waals surface area contributed by atoms with Gasteiger partial charge in [-0.3, -0.25) is 4.79 Å². The third-order valence-electron chi connectivity index (χ3n) is 4.84. The van der Waals surface area contributed by atoms with Gasteiger partial charge in [0.1, 0.15) is 0 Å².